The summed E-state index contributed by atoms with van der Waals surface area (Å²) < 4.78 is 0. The van der Waals surface area contributed by atoms with Gasteiger partial charge in [0.05, 0.1) is 0 Å². The van der Waals surface area contributed by atoms with E-state index in [0.717, 1.165) is 44.1 Å². The Morgan fingerprint density at radius 2 is 2.33 bits per heavy atom. The molecule has 18 heavy (non-hydrogen) atoms. The van der Waals surface area contributed by atoms with Crippen LogP contribution in [0.2, 0.25) is 0 Å². The molecule has 2 heterocycles. The van der Waals surface area contributed by atoms with Crippen molar-refractivity contribution in [3.63, 3.8) is 0 Å². The van der Waals surface area contributed by atoms with Gasteiger partial charge in [-0.1, -0.05) is 13.0 Å². The van der Waals surface area contributed by atoms with Gasteiger partial charge < -0.3 is 5.43 Å². The monoisotopic (exact) mass is 249 g/mol. The summed E-state index contributed by atoms with van der Waals surface area (Å²) in [4.78, 5) is 9.22. The second kappa shape index (κ2) is 6.13. The maximum atomic E-state index is 5.49. The van der Waals surface area contributed by atoms with Gasteiger partial charge in [0.25, 0.3) is 0 Å². The van der Waals surface area contributed by atoms with E-state index in [2.05, 4.69) is 40.1 Å². The number of nitrogens with zero attached hydrogens (tertiary/aromatic N) is 3. The first-order chi connectivity index (χ1) is 8.74. The Labute approximate surface area is 109 Å². The van der Waals surface area contributed by atoms with Crippen LogP contribution in [0.1, 0.15) is 19.4 Å². The molecule has 3 N–H and O–H groups in total. The Hall–Kier alpha value is -1.17. The third-order valence-electron chi connectivity index (χ3n) is 3.68. The summed E-state index contributed by atoms with van der Waals surface area (Å²) in [5.74, 6) is 6.27. The van der Waals surface area contributed by atoms with Gasteiger partial charge in [0.1, 0.15) is 5.82 Å². The number of anilines is 1. The minimum Gasteiger partial charge on any atom is -0.308 e. The molecule has 5 heteroatoms. The smallest absolute Gasteiger partial charge is 0.144 e. The molecule has 1 unspecified atom stereocenters. The van der Waals surface area contributed by atoms with Gasteiger partial charge in [0.15, 0.2) is 0 Å². The minimum atomic E-state index is 0.620. The van der Waals surface area contributed by atoms with Crippen molar-refractivity contribution in [1.29, 1.82) is 0 Å². The van der Waals surface area contributed by atoms with Gasteiger partial charge in [0, 0.05) is 44.0 Å². The van der Waals surface area contributed by atoms with Gasteiger partial charge in [-0.3, -0.25) is 9.80 Å². The van der Waals surface area contributed by atoms with Crippen LogP contribution in [0.3, 0.4) is 0 Å². The molecule has 0 aromatic carbocycles. The highest BCUT2D eigenvalue weighted by Gasteiger charge is 2.22. The van der Waals surface area contributed by atoms with E-state index < -0.39 is 0 Å². The van der Waals surface area contributed by atoms with Crippen molar-refractivity contribution in [2.24, 2.45) is 5.84 Å². The predicted molar refractivity (Wildman–Crippen MR) is 74.0 cm³/mol. The van der Waals surface area contributed by atoms with Crippen molar-refractivity contribution in [3.05, 3.63) is 23.9 Å². The van der Waals surface area contributed by atoms with Crippen molar-refractivity contribution in [3.8, 4) is 0 Å². The van der Waals surface area contributed by atoms with E-state index in [-0.39, 0.29) is 0 Å². The molecular weight excluding hydrogens is 226 g/mol. The van der Waals surface area contributed by atoms with Gasteiger partial charge in [-0.2, -0.15) is 0 Å². The lowest BCUT2D eigenvalue weighted by molar-refractivity contribution is 0.0835. The normalized spacial score (nSPS) is 22.1. The number of nitrogens with one attached hydrogen (secondary N) is 1. The van der Waals surface area contributed by atoms with E-state index in [1.165, 1.54) is 0 Å². The molecule has 1 fully saturated rings. The van der Waals surface area contributed by atoms with Crippen LogP contribution in [0.4, 0.5) is 5.82 Å². The van der Waals surface area contributed by atoms with E-state index >= 15 is 0 Å². The number of nitrogen functional groups attached to an aromatic ring is 1. The summed E-state index contributed by atoms with van der Waals surface area (Å²) in [6.45, 7) is 9.92. The number of rotatable bonds is 4. The molecular formula is C13H23N5. The zero-order valence-corrected chi connectivity index (χ0v) is 11.3. The summed E-state index contributed by atoms with van der Waals surface area (Å²) in [5, 5.41) is 0. The largest absolute Gasteiger partial charge is 0.308 e. The van der Waals surface area contributed by atoms with Crippen LogP contribution in [0.15, 0.2) is 18.3 Å². The van der Waals surface area contributed by atoms with Gasteiger partial charge in [-0.05, 0) is 19.5 Å². The Morgan fingerprint density at radius 1 is 1.50 bits per heavy atom. The van der Waals surface area contributed by atoms with Crippen molar-refractivity contribution >= 4 is 5.82 Å². The number of pyridine rings is 1. The molecule has 0 spiro atoms. The van der Waals surface area contributed by atoms with Crippen molar-refractivity contribution < 1.29 is 0 Å². The first-order valence-corrected chi connectivity index (χ1v) is 6.61. The van der Waals surface area contributed by atoms with E-state index in [1.807, 2.05) is 6.07 Å². The maximum Gasteiger partial charge on any atom is 0.144 e. The number of aromatic nitrogens is 1. The molecule has 1 aliphatic rings. The van der Waals surface area contributed by atoms with E-state index in [4.69, 9.17) is 5.84 Å². The summed E-state index contributed by atoms with van der Waals surface area (Å²) in [5.41, 5.74) is 3.83. The number of likely N-dealkylation sites (N-methyl/N-ethyl adjacent to an activating group) is 1. The molecule has 1 aromatic heterocycles. The van der Waals surface area contributed by atoms with Crippen LogP contribution in [0.5, 0.6) is 0 Å². The second-order valence-electron chi connectivity index (χ2n) is 4.87. The van der Waals surface area contributed by atoms with Crippen LogP contribution < -0.4 is 11.3 Å². The first kappa shape index (κ1) is 13.3. The zero-order chi connectivity index (χ0) is 13.0. The quantitative estimate of drug-likeness (QED) is 0.613. The summed E-state index contributed by atoms with van der Waals surface area (Å²) >= 11 is 0. The molecule has 5 nitrogen and oxygen atoms in total. The van der Waals surface area contributed by atoms with Crippen LogP contribution >= 0.6 is 0 Å². The fourth-order valence-electron chi connectivity index (χ4n) is 2.62. The molecule has 0 radical (unpaired) electrons. The minimum absolute atomic E-state index is 0.620. The van der Waals surface area contributed by atoms with Gasteiger partial charge in [0.2, 0.25) is 0 Å². The molecule has 1 aromatic rings. The van der Waals surface area contributed by atoms with Crippen LogP contribution in [-0.4, -0.2) is 47.0 Å². The molecule has 0 amide bonds. The lowest BCUT2D eigenvalue weighted by Gasteiger charge is -2.39. The SMILES string of the molecule is CCN1CCN(Cc2cccnc2NN)CC1C. The molecule has 100 valence electrons. The number of hydrogen-bond acceptors (Lipinski definition) is 5. The lowest BCUT2D eigenvalue weighted by atomic mass is 10.1. The third kappa shape index (κ3) is 2.98. The highest BCUT2D eigenvalue weighted by molar-refractivity contribution is 5.42. The Kier molecular flexibility index (Phi) is 4.52. The van der Waals surface area contributed by atoms with E-state index in [9.17, 15) is 0 Å². The summed E-state index contributed by atoms with van der Waals surface area (Å²) in [7, 11) is 0. The third-order valence-corrected chi connectivity index (χ3v) is 3.68. The molecule has 1 aliphatic heterocycles. The molecule has 1 saturated heterocycles. The standard InChI is InChI=1S/C13H23N5/c1-3-18-8-7-17(9-11(18)2)10-12-5-4-6-15-13(12)16-14/h4-6,11H,3,7-10,14H2,1-2H3,(H,15,16). The zero-order valence-electron chi connectivity index (χ0n) is 11.3. The Balaban J connectivity index is 1.98. The van der Waals surface area contributed by atoms with Crippen molar-refractivity contribution in [2.45, 2.75) is 26.4 Å². The second-order valence-corrected chi connectivity index (χ2v) is 4.87. The first-order valence-electron chi connectivity index (χ1n) is 6.61. The van der Waals surface area contributed by atoms with Gasteiger partial charge in [-0.25, -0.2) is 10.8 Å². The number of hydrazine groups is 1. The fraction of sp³-hybridized carbons (Fsp3) is 0.615. The van der Waals surface area contributed by atoms with Crippen LogP contribution in [-0.2, 0) is 6.54 Å². The number of piperazine rings is 1. The molecule has 0 saturated carbocycles. The van der Waals surface area contributed by atoms with E-state index in [1.54, 1.807) is 6.20 Å². The van der Waals surface area contributed by atoms with Crippen molar-refractivity contribution in [1.82, 2.24) is 14.8 Å². The molecule has 0 bridgehead atoms. The van der Waals surface area contributed by atoms with E-state index in [0.29, 0.717) is 6.04 Å². The average Bonchev–Trinajstić information content (AvgIpc) is 2.39. The van der Waals surface area contributed by atoms with Crippen LogP contribution in [0.25, 0.3) is 0 Å². The number of hydrogen-bond donors (Lipinski definition) is 2. The van der Waals surface area contributed by atoms with Crippen LogP contribution in [0, 0.1) is 0 Å². The Bertz CT molecular complexity index is 381. The maximum absolute atomic E-state index is 5.49. The predicted octanol–water partition coefficient (Wildman–Crippen LogP) is 0.893. The molecule has 2 rings (SSSR count). The highest BCUT2D eigenvalue weighted by atomic mass is 15.3. The highest BCUT2D eigenvalue weighted by Crippen LogP contribution is 2.16. The lowest BCUT2D eigenvalue weighted by Crippen LogP contribution is -2.51. The van der Waals surface area contributed by atoms with Gasteiger partial charge in [-0.15, -0.1) is 0 Å². The van der Waals surface area contributed by atoms with Crippen molar-refractivity contribution in [2.75, 3.05) is 31.6 Å². The van der Waals surface area contributed by atoms with Gasteiger partial charge >= 0.3 is 0 Å². The summed E-state index contributed by atoms with van der Waals surface area (Å²) in [6.07, 6.45) is 1.76. The topological polar surface area (TPSA) is 57.4 Å². The molecule has 0 aliphatic carbocycles. The molecule has 1 atom stereocenters. The Morgan fingerprint density at radius 3 is 3.00 bits per heavy atom. The summed E-state index contributed by atoms with van der Waals surface area (Å²) in [6, 6.07) is 4.66. The fourth-order valence-corrected chi connectivity index (χ4v) is 2.62. The average molecular weight is 249 g/mol. The number of nitrogens with two attached hydrogens (primary N) is 1.